The number of aromatic amines is 1. The van der Waals surface area contributed by atoms with Crippen molar-refractivity contribution in [1.82, 2.24) is 9.88 Å². The molecule has 1 fully saturated rings. The van der Waals surface area contributed by atoms with E-state index in [-0.39, 0.29) is 0 Å². The second-order valence-electron chi connectivity index (χ2n) is 5.68. The van der Waals surface area contributed by atoms with Crippen LogP contribution in [0.5, 0.6) is 0 Å². The zero-order valence-electron chi connectivity index (χ0n) is 10.5. The number of nitrogens with one attached hydrogen (secondary N) is 1. The molecule has 2 nitrogen and oxygen atoms in total. The highest BCUT2D eigenvalue weighted by molar-refractivity contribution is 5.86. The van der Waals surface area contributed by atoms with Gasteiger partial charge < -0.3 is 4.98 Å². The molecule has 0 aliphatic carbocycles. The molecule has 2 aliphatic heterocycles. The molecule has 17 heavy (non-hydrogen) atoms. The summed E-state index contributed by atoms with van der Waals surface area (Å²) in [6, 6.07) is 8.20. The van der Waals surface area contributed by atoms with Gasteiger partial charge in [-0.1, -0.05) is 11.6 Å². The molecular formula is C15H18N2. The van der Waals surface area contributed by atoms with Crippen LogP contribution in [-0.2, 0) is 6.42 Å². The molecule has 0 spiro atoms. The van der Waals surface area contributed by atoms with Crippen LogP contribution >= 0.6 is 0 Å². The summed E-state index contributed by atoms with van der Waals surface area (Å²) in [7, 11) is 2.29. The second-order valence-corrected chi connectivity index (χ2v) is 5.68. The van der Waals surface area contributed by atoms with Crippen molar-refractivity contribution in [2.45, 2.75) is 38.3 Å². The third-order valence-electron chi connectivity index (χ3n) is 4.69. The lowest BCUT2D eigenvalue weighted by Gasteiger charge is -2.31. The van der Waals surface area contributed by atoms with E-state index in [1.165, 1.54) is 41.4 Å². The van der Waals surface area contributed by atoms with Crippen molar-refractivity contribution in [3.05, 3.63) is 35.0 Å². The maximum absolute atomic E-state index is 3.64. The van der Waals surface area contributed by atoms with Crippen molar-refractivity contribution < 1.29 is 0 Å². The van der Waals surface area contributed by atoms with Gasteiger partial charge in [0.2, 0.25) is 0 Å². The average molecular weight is 226 g/mol. The first kappa shape index (κ1) is 9.72. The molecule has 0 radical (unpaired) electrons. The maximum atomic E-state index is 3.64. The Morgan fingerprint density at radius 2 is 2.18 bits per heavy atom. The molecule has 0 saturated carbocycles. The Hall–Kier alpha value is -1.28. The third kappa shape index (κ3) is 1.19. The predicted octanol–water partition coefficient (Wildman–Crippen LogP) is 3.17. The van der Waals surface area contributed by atoms with Gasteiger partial charge in [0.25, 0.3) is 0 Å². The Kier molecular flexibility index (Phi) is 1.79. The van der Waals surface area contributed by atoms with Crippen LogP contribution in [0.4, 0.5) is 0 Å². The van der Waals surface area contributed by atoms with Gasteiger partial charge in [-0.2, -0.15) is 0 Å². The van der Waals surface area contributed by atoms with Gasteiger partial charge in [0.1, 0.15) is 0 Å². The molecule has 1 N–H and O–H groups in total. The number of nitrogens with zero attached hydrogens (tertiary/aromatic N) is 1. The highest BCUT2D eigenvalue weighted by Gasteiger charge is 2.39. The maximum Gasteiger partial charge on any atom is 0.0459 e. The van der Waals surface area contributed by atoms with Gasteiger partial charge in [-0.15, -0.1) is 0 Å². The van der Waals surface area contributed by atoms with Crippen LogP contribution in [0.25, 0.3) is 10.9 Å². The fourth-order valence-electron chi connectivity index (χ4n) is 3.77. The summed E-state index contributed by atoms with van der Waals surface area (Å²) >= 11 is 0. The zero-order valence-corrected chi connectivity index (χ0v) is 10.5. The summed E-state index contributed by atoms with van der Waals surface area (Å²) in [5.74, 6) is 0. The number of hydrogen-bond acceptors (Lipinski definition) is 1. The lowest BCUT2D eigenvalue weighted by atomic mass is 9.97. The van der Waals surface area contributed by atoms with Gasteiger partial charge in [-0.25, -0.2) is 0 Å². The second kappa shape index (κ2) is 3.14. The number of benzene rings is 1. The van der Waals surface area contributed by atoms with Crippen molar-refractivity contribution in [2.24, 2.45) is 0 Å². The van der Waals surface area contributed by atoms with Crippen molar-refractivity contribution in [1.29, 1.82) is 0 Å². The van der Waals surface area contributed by atoms with Gasteiger partial charge in [0, 0.05) is 35.1 Å². The molecule has 2 bridgehead atoms. The first-order chi connectivity index (χ1) is 8.24. The summed E-state index contributed by atoms with van der Waals surface area (Å²) in [5, 5.41) is 1.46. The van der Waals surface area contributed by atoms with Crippen LogP contribution in [0.2, 0.25) is 0 Å². The summed E-state index contributed by atoms with van der Waals surface area (Å²) in [5.41, 5.74) is 5.76. The molecule has 4 rings (SSSR count). The molecular weight excluding hydrogens is 208 g/mol. The number of aryl methyl sites for hydroxylation is 1. The number of aromatic nitrogens is 1. The molecule has 1 aromatic carbocycles. The topological polar surface area (TPSA) is 19.0 Å². The molecule has 3 heterocycles. The van der Waals surface area contributed by atoms with E-state index in [1.54, 1.807) is 5.56 Å². The number of hydrogen-bond donors (Lipinski definition) is 1. The fraction of sp³-hybridized carbons (Fsp3) is 0.467. The van der Waals surface area contributed by atoms with E-state index in [4.69, 9.17) is 0 Å². The van der Waals surface area contributed by atoms with Crippen LogP contribution in [0.3, 0.4) is 0 Å². The molecule has 0 amide bonds. The molecule has 88 valence electrons. The number of likely N-dealkylation sites (N-methyl/N-ethyl adjacent to an activating group) is 1. The highest BCUT2D eigenvalue weighted by Crippen LogP contribution is 2.45. The molecule has 0 unspecified atom stereocenters. The van der Waals surface area contributed by atoms with E-state index >= 15 is 0 Å². The Labute approximate surface area is 102 Å². The van der Waals surface area contributed by atoms with Gasteiger partial charge in [0.15, 0.2) is 0 Å². The van der Waals surface area contributed by atoms with Gasteiger partial charge >= 0.3 is 0 Å². The van der Waals surface area contributed by atoms with Crippen molar-refractivity contribution in [3.63, 3.8) is 0 Å². The Balaban J connectivity index is 2.02. The monoisotopic (exact) mass is 226 g/mol. The minimum Gasteiger partial charge on any atom is -0.358 e. The SMILES string of the molecule is Cc1ccc2[nH]c3c(c2c1)[C@H]1CC[C@@H](C3)N1C. The van der Waals surface area contributed by atoms with E-state index in [9.17, 15) is 0 Å². The predicted molar refractivity (Wildman–Crippen MR) is 70.3 cm³/mol. The van der Waals surface area contributed by atoms with Crippen LogP contribution in [-0.4, -0.2) is 23.0 Å². The van der Waals surface area contributed by atoms with E-state index in [1.807, 2.05) is 0 Å². The normalized spacial score (nSPS) is 27.6. The van der Waals surface area contributed by atoms with E-state index in [0.717, 1.165) is 6.04 Å². The average Bonchev–Trinajstić information content (AvgIpc) is 2.76. The van der Waals surface area contributed by atoms with Crippen molar-refractivity contribution in [3.8, 4) is 0 Å². The Morgan fingerprint density at radius 3 is 3.06 bits per heavy atom. The van der Waals surface area contributed by atoms with E-state index in [0.29, 0.717) is 6.04 Å². The van der Waals surface area contributed by atoms with Crippen LogP contribution in [0, 0.1) is 6.92 Å². The van der Waals surface area contributed by atoms with Gasteiger partial charge in [-0.05, 0) is 44.5 Å². The van der Waals surface area contributed by atoms with Crippen molar-refractivity contribution in [2.75, 3.05) is 7.05 Å². The number of H-pyrrole nitrogens is 1. The lowest BCUT2D eigenvalue weighted by molar-refractivity contribution is 0.224. The zero-order chi connectivity index (χ0) is 11.6. The largest absolute Gasteiger partial charge is 0.358 e. The van der Waals surface area contributed by atoms with Crippen LogP contribution < -0.4 is 0 Å². The lowest BCUT2D eigenvalue weighted by Crippen LogP contribution is -2.33. The minimum absolute atomic E-state index is 0.652. The van der Waals surface area contributed by atoms with E-state index < -0.39 is 0 Å². The molecule has 2 atom stereocenters. The first-order valence-corrected chi connectivity index (χ1v) is 6.57. The van der Waals surface area contributed by atoms with E-state index in [2.05, 4.69) is 42.1 Å². The third-order valence-corrected chi connectivity index (χ3v) is 4.69. The Bertz CT molecular complexity index is 596. The minimum atomic E-state index is 0.652. The Morgan fingerprint density at radius 1 is 1.29 bits per heavy atom. The summed E-state index contributed by atoms with van der Waals surface area (Å²) in [6.07, 6.45) is 3.89. The standard InChI is InChI=1S/C15H18N2/c1-9-3-5-12-11(7-9)15-13(16-12)8-10-4-6-14(15)17(10)2/h3,5,7,10,14,16H,4,6,8H2,1-2H3/t10-,14+/m0/s1. The fourth-order valence-corrected chi connectivity index (χ4v) is 3.77. The van der Waals surface area contributed by atoms with Crippen molar-refractivity contribution >= 4 is 10.9 Å². The summed E-state index contributed by atoms with van der Waals surface area (Å²) in [6.45, 7) is 2.18. The number of fused-ring (bicyclic) bond motifs is 6. The summed E-state index contributed by atoms with van der Waals surface area (Å²) < 4.78 is 0. The quantitative estimate of drug-likeness (QED) is 0.731. The number of rotatable bonds is 0. The molecule has 2 aromatic rings. The molecule has 2 aliphatic rings. The van der Waals surface area contributed by atoms with Gasteiger partial charge in [-0.3, -0.25) is 4.90 Å². The van der Waals surface area contributed by atoms with Crippen LogP contribution in [0.1, 0.15) is 35.7 Å². The van der Waals surface area contributed by atoms with Gasteiger partial charge in [0.05, 0.1) is 0 Å². The smallest absolute Gasteiger partial charge is 0.0459 e. The molecule has 2 heteroatoms. The van der Waals surface area contributed by atoms with Crippen LogP contribution in [0.15, 0.2) is 18.2 Å². The first-order valence-electron chi connectivity index (χ1n) is 6.57. The molecule has 1 saturated heterocycles. The molecule has 1 aromatic heterocycles. The highest BCUT2D eigenvalue weighted by atomic mass is 15.2. The summed E-state index contributed by atoms with van der Waals surface area (Å²) in [4.78, 5) is 6.22.